The molecule has 38 heavy (non-hydrogen) atoms. The lowest BCUT2D eigenvalue weighted by molar-refractivity contribution is -0.125. The number of anilines is 1. The fourth-order valence-electron chi connectivity index (χ4n) is 4.43. The van der Waals surface area contributed by atoms with Gasteiger partial charge in [-0.05, 0) is 37.6 Å². The molecule has 1 fully saturated rings. The summed E-state index contributed by atoms with van der Waals surface area (Å²) in [6.07, 6.45) is 5.18. The van der Waals surface area contributed by atoms with Crippen LogP contribution in [-0.2, 0) is 4.79 Å². The van der Waals surface area contributed by atoms with Gasteiger partial charge in [0, 0.05) is 37.0 Å². The fourth-order valence-corrected chi connectivity index (χ4v) is 4.68. The van der Waals surface area contributed by atoms with Gasteiger partial charge in [0.15, 0.2) is 5.78 Å². The normalized spacial score (nSPS) is 15.3. The average Bonchev–Trinajstić information content (AvgIpc) is 3.58. The molecule has 0 saturated carbocycles. The summed E-state index contributed by atoms with van der Waals surface area (Å²) in [5.41, 5.74) is 1.30. The number of hydrogen-bond donors (Lipinski definition) is 2. The van der Waals surface area contributed by atoms with Gasteiger partial charge in [-0.1, -0.05) is 35.9 Å². The Hall–Kier alpha value is -4.68. The van der Waals surface area contributed by atoms with Crippen LogP contribution in [0.25, 0.3) is 11.0 Å². The van der Waals surface area contributed by atoms with Crippen molar-refractivity contribution < 1.29 is 14.3 Å². The van der Waals surface area contributed by atoms with Crippen LogP contribution >= 0.6 is 11.6 Å². The number of aromatic nitrogens is 3. The molecule has 190 valence electrons. The van der Waals surface area contributed by atoms with Crippen LogP contribution in [0, 0.1) is 11.3 Å². The Morgan fingerprint density at radius 2 is 2.00 bits per heavy atom. The van der Waals surface area contributed by atoms with Crippen molar-refractivity contribution in [3.63, 3.8) is 0 Å². The molecule has 2 aromatic heterocycles. The molecular weight excluding hydrogens is 504 g/mol. The first kappa shape index (κ1) is 25.0. The molecule has 0 radical (unpaired) electrons. The number of nitriles is 1. The number of aromatic amines is 1. The maximum Gasteiger partial charge on any atom is 0.264 e. The second-order valence-electron chi connectivity index (χ2n) is 8.73. The van der Waals surface area contributed by atoms with E-state index in [2.05, 4.69) is 20.3 Å². The van der Waals surface area contributed by atoms with Gasteiger partial charge in [0.1, 0.15) is 40.9 Å². The lowest BCUT2D eigenvalue weighted by Crippen LogP contribution is -2.32. The number of carbonyl (C=O) groups is 2. The minimum Gasteiger partial charge on any atom is -0.457 e. The maximum absolute atomic E-state index is 13.6. The van der Waals surface area contributed by atoms with E-state index < -0.39 is 0 Å². The number of nitrogens with one attached hydrogen (secondary N) is 2. The number of likely N-dealkylation sites (tertiary alicyclic amines) is 1. The van der Waals surface area contributed by atoms with Gasteiger partial charge in [0.2, 0.25) is 0 Å². The Labute approximate surface area is 223 Å². The van der Waals surface area contributed by atoms with Crippen LogP contribution in [0.3, 0.4) is 0 Å². The zero-order valence-corrected chi connectivity index (χ0v) is 21.2. The first-order valence-electron chi connectivity index (χ1n) is 12.0. The first-order valence-corrected chi connectivity index (χ1v) is 12.4. The van der Waals surface area contributed by atoms with E-state index in [4.69, 9.17) is 16.3 Å². The van der Waals surface area contributed by atoms with Gasteiger partial charge in [0.25, 0.3) is 5.91 Å². The van der Waals surface area contributed by atoms with Crippen molar-refractivity contribution in [2.75, 3.05) is 18.4 Å². The summed E-state index contributed by atoms with van der Waals surface area (Å²) >= 11 is 6.51. The van der Waals surface area contributed by atoms with Crippen LogP contribution < -0.4 is 10.1 Å². The Morgan fingerprint density at radius 1 is 1.18 bits per heavy atom. The zero-order chi connectivity index (χ0) is 26.6. The number of fused-ring (bicyclic) bond motifs is 1. The van der Waals surface area contributed by atoms with Gasteiger partial charge >= 0.3 is 0 Å². The molecule has 3 heterocycles. The number of benzene rings is 2. The molecule has 5 rings (SSSR count). The molecule has 1 amide bonds. The second-order valence-corrected chi connectivity index (χ2v) is 9.14. The Balaban J connectivity index is 1.38. The molecule has 0 spiro atoms. The number of halogens is 1. The van der Waals surface area contributed by atoms with Gasteiger partial charge in [-0.15, -0.1) is 0 Å². The van der Waals surface area contributed by atoms with Crippen LogP contribution in [0.15, 0.2) is 72.7 Å². The molecule has 1 aliphatic rings. The van der Waals surface area contributed by atoms with Crippen molar-refractivity contribution in [2.24, 2.45) is 0 Å². The summed E-state index contributed by atoms with van der Waals surface area (Å²) in [5, 5.41) is 13.3. The van der Waals surface area contributed by atoms with E-state index in [-0.39, 0.29) is 28.3 Å². The van der Waals surface area contributed by atoms with E-state index in [1.54, 1.807) is 36.2 Å². The molecule has 1 saturated heterocycles. The molecule has 10 heteroatoms. The largest absolute Gasteiger partial charge is 0.457 e. The Kier molecular flexibility index (Phi) is 7.07. The highest BCUT2D eigenvalue weighted by Crippen LogP contribution is 2.32. The number of carbonyl (C=O) groups excluding carboxylic acids is 2. The highest BCUT2D eigenvalue weighted by atomic mass is 35.5. The predicted molar refractivity (Wildman–Crippen MR) is 143 cm³/mol. The number of para-hydroxylation sites is 1. The summed E-state index contributed by atoms with van der Waals surface area (Å²) in [5.74, 6) is 1.07. The Bertz CT molecular complexity index is 1590. The number of H-pyrrole nitrogens is 1. The molecule has 4 aromatic rings. The highest BCUT2D eigenvalue weighted by molar-refractivity contribution is 6.35. The summed E-state index contributed by atoms with van der Waals surface area (Å²) in [4.78, 5) is 39.4. The monoisotopic (exact) mass is 526 g/mol. The molecule has 0 bridgehead atoms. The zero-order valence-electron chi connectivity index (χ0n) is 20.4. The van der Waals surface area contributed by atoms with Crippen molar-refractivity contribution in [3.8, 4) is 17.6 Å². The van der Waals surface area contributed by atoms with Crippen molar-refractivity contribution in [1.82, 2.24) is 19.9 Å². The third-order valence-corrected chi connectivity index (χ3v) is 6.65. The number of nitrogens with zero attached hydrogens (tertiary/aromatic N) is 4. The molecule has 0 aliphatic carbocycles. The number of allylic oxidation sites excluding steroid dienone is 1. The van der Waals surface area contributed by atoms with E-state index in [1.165, 1.54) is 12.4 Å². The van der Waals surface area contributed by atoms with Crippen molar-refractivity contribution in [1.29, 1.82) is 5.26 Å². The third-order valence-electron chi connectivity index (χ3n) is 6.33. The van der Waals surface area contributed by atoms with E-state index in [0.717, 1.165) is 0 Å². The van der Waals surface area contributed by atoms with Gasteiger partial charge in [0.05, 0.1) is 16.0 Å². The molecule has 1 aliphatic heterocycles. The summed E-state index contributed by atoms with van der Waals surface area (Å²) in [6.45, 7) is 2.59. The first-order chi connectivity index (χ1) is 18.5. The molecule has 1 unspecified atom stereocenters. The number of amides is 1. The van der Waals surface area contributed by atoms with E-state index in [1.807, 2.05) is 36.4 Å². The van der Waals surface area contributed by atoms with Crippen LogP contribution in [0.5, 0.6) is 11.5 Å². The SMILES string of the molecule is C/C=C(\C#N)C(=O)N1CCC(Nc2ncnc3[nH]cc(C(=O)c4ccc(Oc5ccccc5)cc4Cl)c23)C1. The predicted octanol–water partition coefficient (Wildman–Crippen LogP) is 5.12. The van der Waals surface area contributed by atoms with Gasteiger partial charge in [-0.25, -0.2) is 9.97 Å². The maximum atomic E-state index is 13.6. The van der Waals surface area contributed by atoms with Crippen molar-refractivity contribution in [3.05, 3.63) is 88.9 Å². The minimum absolute atomic E-state index is 0.107. The van der Waals surface area contributed by atoms with Crippen LogP contribution in [-0.4, -0.2) is 50.7 Å². The minimum atomic E-state index is -0.293. The van der Waals surface area contributed by atoms with Crippen LogP contribution in [0.2, 0.25) is 5.02 Å². The van der Waals surface area contributed by atoms with Crippen LogP contribution in [0.1, 0.15) is 29.3 Å². The number of hydrogen-bond acceptors (Lipinski definition) is 7. The summed E-state index contributed by atoms with van der Waals surface area (Å²) < 4.78 is 5.82. The van der Waals surface area contributed by atoms with Crippen LogP contribution in [0.4, 0.5) is 5.82 Å². The lowest BCUT2D eigenvalue weighted by Gasteiger charge is -2.17. The van der Waals surface area contributed by atoms with E-state index >= 15 is 0 Å². The quantitative estimate of drug-likeness (QED) is 0.194. The molecular formula is C28H23ClN6O3. The standard InChI is InChI=1S/C28H23ClN6O3/c1-2-17(13-30)28(37)35-11-10-18(15-35)34-27-24-22(14-31-26(24)32-16-33-27)25(36)21-9-8-20(12-23(21)29)38-19-6-4-3-5-7-19/h2-9,12,14,16,18H,10-11,15H2,1H3,(H2,31,32,33,34)/b17-2+. The summed E-state index contributed by atoms with van der Waals surface area (Å²) in [7, 11) is 0. The number of rotatable bonds is 7. The smallest absolute Gasteiger partial charge is 0.264 e. The van der Waals surface area contributed by atoms with Crippen molar-refractivity contribution in [2.45, 2.75) is 19.4 Å². The van der Waals surface area contributed by atoms with E-state index in [0.29, 0.717) is 59.0 Å². The second kappa shape index (κ2) is 10.7. The number of ether oxygens (including phenoxy) is 1. The highest BCUT2D eigenvalue weighted by Gasteiger charge is 2.29. The Morgan fingerprint density at radius 3 is 2.74 bits per heavy atom. The third kappa shape index (κ3) is 4.94. The summed E-state index contributed by atoms with van der Waals surface area (Å²) in [6, 6.07) is 16.1. The fraction of sp³-hybridized carbons (Fsp3) is 0.179. The molecule has 1 atom stereocenters. The van der Waals surface area contributed by atoms with Gasteiger partial charge in [-0.3, -0.25) is 9.59 Å². The number of ketones is 1. The molecule has 2 N–H and O–H groups in total. The van der Waals surface area contributed by atoms with Crippen molar-refractivity contribution >= 4 is 40.1 Å². The lowest BCUT2D eigenvalue weighted by atomic mass is 10.0. The topological polar surface area (TPSA) is 124 Å². The van der Waals surface area contributed by atoms with Gasteiger partial charge in [-0.2, -0.15) is 5.26 Å². The molecule has 9 nitrogen and oxygen atoms in total. The van der Waals surface area contributed by atoms with E-state index in [9.17, 15) is 14.9 Å². The van der Waals surface area contributed by atoms with Gasteiger partial charge < -0.3 is 19.9 Å². The average molecular weight is 527 g/mol. The molecule has 2 aromatic carbocycles.